The molecule has 1 aliphatic heterocycles. The molecule has 1 N–H and O–H groups in total. The van der Waals surface area contributed by atoms with E-state index < -0.39 is 0 Å². The minimum absolute atomic E-state index is 0.153. The summed E-state index contributed by atoms with van der Waals surface area (Å²) < 4.78 is 0. The number of H-pyrrole nitrogens is 1. The fourth-order valence-corrected chi connectivity index (χ4v) is 3.26. The van der Waals surface area contributed by atoms with E-state index >= 15 is 0 Å². The second kappa shape index (κ2) is 6.44. The van der Waals surface area contributed by atoms with Gasteiger partial charge in [0.15, 0.2) is 5.43 Å². The van der Waals surface area contributed by atoms with Crippen LogP contribution in [0.3, 0.4) is 0 Å². The molecule has 0 amide bonds. The van der Waals surface area contributed by atoms with Gasteiger partial charge in [-0.3, -0.25) is 14.7 Å². The zero-order chi connectivity index (χ0) is 15.5. The Kier molecular flexibility index (Phi) is 4.39. The molecule has 0 spiro atoms. The van der Waals surface area contributed by atoms with E-state index in [2.05, 4.69) is 20.9 Å². The van der Waals surface area contributed by atoms with Crippen molar-refractivity contribution in [2.45, 2.75) is 45.7 Å². The van der Waals surface area contributed by atoms with Crippen LogP contribution in [-0.4, -0.2) is 21.4 Å². The lowest BCUT2D eigenvalue weighted by Gasteiger charge is -2.35. The zero-order valence-electron chi connectivity index (χ0n) is 13.3. The van der Waals surface area contributed by atoms with E-state index in [1.807, 2.05) is 38.4 Å². The molecule has 4 nitrogen and oxygen atoms in total. The van der Waals surface area contributed by atoms with Crippen LogP contribution in [0.1, 0.15) is 47.8 Å². The highest BCUT2D eigenvalue weighted by atomic mass is 16.1. The maximum atomic E-state index is 12.1. The average Bonchev–Trinajstić information content (AvgIpc) is 2.57. The molecule has 3 rings (SSSR count). The molecule has 116 valence electrons. The van der Waals surface area contributed by atoms with Crippen molar-refractivity contribution in [1.29, 1.82) is 0 Å². The number of pyridine rings is 2. The van der Waals surface area contributed by atoms with E-state index in [4.69, 9.17) is 0 Å². The van der Waals surface area contributed by atoms with Gasteiger partial charge >= 0.3 is 0 Å². The Morgan fingerprint density at radius 3 is 2.95 bits per heavy atom. The molecular weight excluding hydrogens is 274 g/mol. The van der Waals surface area contributed by atoms with E-state index in [9.17, 15) is 4.79 Å². The Morgan fingerprint density at radius 1 is 1.32 bits per heavy atom. The van der Waals surface area contributed by atoms with Gasteiger partial charge in [-0.1, -0.05) is 12.5 Å². The Morgan fingerprint density at radius 2 is 2.18 bits per heavy atom. The van der Waals surface area contributed by atoms with Gasteiger partial charge in [0.25, 0.3) is 0 Å². The molecule has 0 saturated carbocycles. The largest absolute Gasteiger partial charge is 0.363 e. The summed E-state index contributed by atoms with van der Waals surface area (Å²) in [6.45, 7) is 5.60. The number of aryl methyl sites for hydroxylation is 1. The van der Waals surface area contributed by atoms with Crippen LogP contribution in [0, 0.1) is 13.8 Å². The molecule has 0 aromatic carbocycles. The van der Waals surface area contributed by atoms with Crippen molar-refractivity contribution in [2.24, 2.45) is 0 Å². The van der Waals surface area contributed by atoms with Crippen LogP contribution < -0.4 is 5.43 Å². The molecule has 2 aromatic heterocycles. The first-order chi connectivity index (χ1) is 10.7. The van der Waals surface area contributed by atoms with Crippen LogP contribution in [0.15, 0.2) is 35.4 Å². The van der Waals surface area contributed by atoms with E-state index in [1.54, 1.807) is 0 Å². The first-order valence-electron chi connectivity index (χ1n) is 7.99. The van der Waals surface area contributed by atoms with Crippen LogP contribution in [0.4, 0.5) is 0 Å². The van der Waals surface area contributed by atoms with E-state index in [-0.39, 0.29) is 5.43 Å². The van der Waals surface area contributed by atoms with E-state index in [0.29, 0.717) is 6.04 Å². The summed E-state index contributed by atoms with van der Waals surface area (Å²) in [6.07, 6.45) is 7.26. The van der Waals surface area contributed by atoms with Crippen molar-refractivity contribution in [3.8, 4) is 0 Å². The molecule has 0 bridgehead atoms. The predicted octanol–water partition coefficient (Wildman–Crippen LogP) is 3.11. The molecular formula is C18H23N3O. The molecule has 1 aliphatic rings. The summed E-state index contributed by atoms with van der Waals surface area (Å²) in [5.74, 6) is 0. The molecule has 1 atom stereocenters. The predicted molar refractivity (Wildman–Crippen MR) is 87.8 cm³/mol. The molecule has 0 aliphatic carbocycles. The number of likely N-dealkylation sites (tertiary alicyclic amines) is 1. The highest BCUT2D eigenvalue weighted by Crippen LogP contribution is 2.30. The van der Waals surface area contributed by atoms with Gasteiger partial charge in [-0.25, -0.2) is 0 Å². The zero-order valence-corrected chi connectivity index (χ0v) is 13.3. The van der Waals surface area contributed by atoms with Gasteiger partial charge in [-0.2, -0.15) is 0 Å². The van der Waals surface area contributed by atoms with Crippen LogP contribution in [0.25, 0.3) is 0 Å². The Bertz CT molecular complexity index is 693. The quantitative estimate of drug-likeness (QED) is 0.947. The number of hydrogen-bond donors (Lipinski definition) is 1. The monoisotopic (exact) mass is 297 g/mol. The minimum Gasteiger partial charge on any atom is -0.363 e. The van der Waals surface area contributed by atoms with Crippen LogP contribution in [0.2, 0.25) is 0 Å². The van der Waals surface area contributed by atoms with Gasteiger partial charge in [-0.05, 0) is 45.4 Å². The highest BCUT2D eigenvalue weighted by Gasteiger charge is 2.25. The Labute approximate surface area is 131 Å². The molecule has 0 unspecified atom stereocenters. The number of aromatic amines is 1. The van der Waals surface area contributed by atoms with E-state index in [0.717, 1.165) is 42.0 Å². The second-order valence-corrected chi connectivity index (χ2v) is 6.14. The molecule has 1 fully saturated rings. The summed E-state index contributed by atoms with van der Waals surface area (Å²) in [5, 5.41) is 0. The van der Waals surface area contributed by atoms with Gasteiger partial charge in [0.2, 0.25) is 0 Å². The number of nitrogens with zero attached hydrogens (tertiary/aromatic N) is 2. The van der Waals surface area contributed by atoms with Gasteiger partial charge in [0.1, 0.15) is 0 Å². The number of aromatic nitrogens is 2. The number of piperidine rings is 1. The minimum atomic E-state index is 0.153. The van der Waals surface area contributed by atoms with Crippen molar-refractivity contribution in [1.82, 2.24) is 14.9 Å². The summed E-state index contributed by atoms with van der Waals surface area (Å²) in [7, 11) is 0. The van der Waals surface area contributed by atoms with Crippen LogP contribution >= 0.6 is 0 Å². The van der Waals surface area contributed by atoms with Crippen molar-refractivity contribution in [2.75, 3.05) is 6.54 Å². The Hall–Kier alpha value is -1.94. The lowest BCUT2D eigenvalue weighted by Crippen LogP contribution is -2.34. The fourth-order valence-electron chi connectivity index (χ4n) is 3.26. The van der Waals surface area contributed by atoms with Crippen molar-refractivity contribution >= 4 is 0 Å². The third-order valence-electron chi connectivity index (χ3n) is 4.62. The summed E-state index contributed by atoms with van der Waals surface area (Å²) in [4.78, 5) is 22.4. The van der Waals surface area contributed by atoms with Gasteiger partial charge in [-0.15, -0.1) is 0 Å². The molecule has 0 radical (unpaired) electrons. The van der Waals surface area contributed by atoms with Crippen LogP contribution in [0.5, 0.6) is 0 Å². The smallest absolute Gasteiger partial charge is 0.187 e. The van der Waals surface area contributed by atoms with Gasteiger partial charge in [0.05, 0.1) is 11.7 Å². The van der Waals surface area contributed by atoms with Gasteiger partial charge in [0, 0.05) is 35.8 Å². The lowest BCUT2D eigenvalue weighted by atomic mass is 9.98. The summed E-state index contributed by atoms with van der Waals surface area (Å²) in [5.41, 5.74) is 3.93. The number of rotatable bonds is 3. The molecule has 3 heterocycles. The first kappa shape index (κ1) is 15.0. The molecule has 4 heteroatoms. The first-order valence-corrected chi connectivity index (χ1v) is 7.99. The maximum absolute atomic E-state index is 12.1. The van der Waals surface area contributed by atoms with Crippen molar-refractivity contribution in [3.05, 3.63) is 63.3 Å². The summed E-state index contributed by atoms with van der Waals surface area (Å²) >= 11 is 0. The summed E-state index contributed by atoms with van der Waals surface area (Å²) in [6, 6.07) is 6.46. The average molecular weight is 297 g/mol. The second-order valence-electron chi connectivity index (χ2n) is 6.14. The van der Waals surface area contributed by atoms with Crippen LogP contribution in [-0.2, 0) is 6.54 Å². The molecule has 1 saturated heterocycles. The standard InChI is InChI=1S/C18H23N3O/c1-13-11-20-16(14(2)18(13)22)12-21-10-6-4-8-17(21)15-7-3-5-9-19-15/h3,5,7,9,11,17H,4,6,8,10,12H2,1-2H3,(H,20,22)/t17-/m0/s1. The Balaban J connectivity index is 1.86. The topological polar surface area (TPSA) is 49.0 Å². The van der Waals surface area contributed by atoms with Gasteiger partial charge < -0.3 is 4.98 Å². The lowest BCUT2D eigenvalue weighted by molar-refractivity contribution is 0.135. The molecule has 22 heavy (non-hydrogen) atoms. The SMILES string of the molecule is Cc1c[nH]c(CN2CCCC[C@H]2c2ccccn2)c(C)c1=O. The fraction of sp³-hybridized carbons (Fsp3) is 0.444. The van der Waals surface area contributed by atoms with Crippen molar-refractivity contribution < 1.29 is 0 Å². The number of hydrogen-bond acceptors (Lipinski definition) is 3. The maximum Gasteiger partial charge on any atom is 0.187 e. The highest BCUT2D eigenvalue weighted by molar-refractivity contribution is 5.24. The number of nitrogens with one attached hydrogen (secondary N) is 1. The van der Waals surface area contributed by atoms with Crippen molar-refractivity contribution in [3.63, 3.8) is 0 Å². The third-order valence-corrected chi connectivity index (χ3v) is 4.62. The van der Waals surface area contributed by atoms with E-state index in [1.165, 1.54) is 12.8 Å². The third kappa shape index (κ3) is 2.97. The normalized spacial score (nSPS) is 19.3. The molecule has 2 aromatic rings.